The number of nitrogens with one attached hydrogen (secondary N) is 1. The van der Waals surface area contributed by atoms with Gasteiger partial charge in [0, 0.05) is 7.05 Å². The molecule has 0 atom stereocenters. The van der Waals surface area contributed by atoms with Crippen LogP contribution >= 0.6 is 15.9 Å². The van der Waals surface area contributed by atoms with Gasteiger partial charge in [-0.3, -0.25) is 0 Å². The monoisotopic (exact) mass is 217 g/mol. The highest BCUT2D eigenvalue weighted by Gasteiger charge is 2.01. The van der Waals surface area contributed by atoms with Gasteiger partial charge in [0.1, 0.15) is 10.4 Å². The second-order valence-electron chi connectivity index (χ2n) is 2.34. The van der Waals surface area contributed by atoms with E-state index in [0.29, 0.717) is 0 Å². The van der Waals surface area contributed by atoms with Crippen LogP contribution in [0.2, 0.25) is 0 Å². The van der Waals surface area contributed by atoms with Crippen molar-refractivity contribution in [2.75, 3.05) is 6.54 Å². The third-order valence-electron chi connectivity index (χ3n) is 1.56. The molecule has 1 aromatic rings. The molecule has 0 aliphatic carbocycles. The number of nitrogens with zero attached hydrogens (tertiary/aromatic N) is 2. The lowest BCUT2D eigenvalue weighted by Gasteiger charge is -2.01. The fourth-order valence-corrected chi connectivity index (χ4v) is 1.13. The summed E-state index contributed by atoms with van der Waals surface area (Å²) in [5, 5.41) is 3.21. The predicted molar refractivity (Wildman–Crippen MR) is 48.3 cm³/mol. The van der Waals surface area contributed by atoms with Gasteiger partial charge < -0.3 is 9.88 Å². The van der Waals surface area contributed by atoms with Crippen LogP contribution in [0.4, 0.5) is 0 Å². The molecule has 4 heteroatoms. The van der Waals surface area contributed by atoms with Crippen LogP contribution in [0.15, 0.2) is 10.8 Å². The first kappa shape index (κ1) is 8.74. The van der Waals surface area contributed by atoms with Gasteiger partial charge in [-0.25, -0.2) is 4.98 Å². The molecule has 1 aromatic heterocycles. The molecule has 11 heavy (non-hydrogen) atoms. The Labute approximate surface area is 74.9 Å². The van der Waals surface area contributed by atoms with E-state index >= 15 is 0 Å². The molecule has 0 aromatic carbocycles. The normalized spacial score (nSPS) is 10.5. The summed E-state index contributed by atoms with van der Waals surface area (Å²) in [6.45, 7) is 3.89. The van der Waals surface area contributed by atoms with E-state index < -0.39 is 0 Å². The Morgan fingerprint density at radius 1 is 1.73 bits per heavy atom. The lowest BCUT2D eigenvalue weighted by molar-refractivity contribution is 0.658. The van der Waals surface area contributed by atoms with E-state index in [-0.39, 0.29) is 0 Å². The molecule has 0 saturated carbocycles. The van der Waals surface area contributed by atoms with Gasteiger partial charge in [-0.2, -0.15) is 0 Å². The van der Waals surface area contributed by atoms with Crippen LogP contribution in [-0.4, -0.2) is 16.1 Å². The van der Waals surface area contributed by atoms with Crippen LogP contribution in [-0.2, 0) is 13.6 Å². The second kappa shape index (κ2) is 3.88. The predicted octanol–water partition coefficient (Wildman–Crippen LogP) is 1.29. The Hall–Kier alpha value is -0.350. The first-order chi connectivity index (χ1) is 5.25. The van der Waals surface area contributed by atoms with Crippen molar-refractivity contribution in [3.8, 4) is 0 Å². The second-order valence-corrected chi connectivity index (χ2v) is 3.15. The molecule has 0 unspecified atom stereocenters. The van der Waals surface area contributed by atoms with E-state index in [9.17, 15) is 0 Å². The Morgan fingerprint density at radius 2 is 2.45 bits per heavy atom. The minimum Gasteiger partial charge on any atom is -0.325 e. The van der Waals surface area contributed by atoms with Gasteiger partial charge in [0.05, 0.1) is 12.7 Å². The Bertz CT molecular complexity index is 232. The highest BCUT2D eigenvalue weighted by molar-refractivity contribution is 9.10. The molecule has 0 amide bonds. The number of hydrogen-bond donors (Lipinski definition) is 1. The zero-order chi connectivity index (χ0) is 8.27. The Balaban J connectivity index is 2.63. The van der Waals surface area contributed by atoms with Crippen molar-refractivity contribution in [1.82, 2.24) is 14.9 Å². The molecule has 3 nitrogen and oxygen atoms in total. The van der Waals surface area contributed by atoms with Crippen LogP contribution < -0.4 is 5.32 Å². The number of halogens is 1. The van der Waals surface area contributed by atoms with Crippen LogP contribution in [0.25, 0.3) is 0 Å². The molecule has 0 aliphatic rings. The zero-order valence-electron chi connectivity index (χ0n) is 6.76. The lowest BCUT2D eigenvalue weighted by atomic mass is 10.5. The van der Waals surface area contributed by atoms with E-state index in [1.165, 1.54) is 0 Å². The first-order valence-corrected chi connectivity index (χ1v) is 4.41. The van der Waals surface area contributed by atoms with Crippen LogP contribution in [0, 0.1) is 0 Å². The van der Waals surface area contributed by atoms with Crippen molar-refractivity contribution >= 4 is 15.9 Å². The molecule has 62 valence electrons. The van der Waals surface area contributed by atoms with Gasteiger partial charge in [-0.1, -0.05) is 6.92 Å². The lowest BCUT2D eigenvalue weighted by Crippen LogP contribution is -2.15. The van der Waals surface area contributed by atoms with Crippen molar-refractivity contribution < 1.29 is 0 Å². The molecule has 0 saturated heterocycles. The van der Waals surface area contributed by atoms with Crippen molar-refractivity contribution in [2.24, 2.45) is 7.05 Å². The molecule has 0 spiro atoms. The molecular weight excluding hydrogens is 206 g/mol. The molecule has 1 rings (SSSR count). The summed E-state index contributed by atoms with van der Waals surface area (Å²) in [5.41, 5.74) is 0. The first-order valence-electron chi connectivity index (χ1n) is 3.62. The van der Waals surface area contributed by atoms with Crippen LogP contribution in [0.1, 0.15) is 12.7 Å². The van der Waals surface area contributed by atoms with Crippen molar-refractivity contribution in [3.05, 3.63) is 16.6 Å². The largest absolute Gasteiger partial charge is 0.325 e. The average molecular weight is 218 g/mol. The molecule has 1 N–H and O–H groups in total. The summed E-state index contributed by atoms with van der Waals surface area (Å²) in [6.07, 6.45) is 1.81. The fourth-order valence-electron chi connectivity index (χ4n) is 0.825. The maximum atomic E-state index is 4.21. The number of aromatic nitrogens is 2. The zero-order valence-corrected chi connectivity index (χ0v) is 8.35. The number of hydrogen-bond acceptors (Lipinski definition) is 2. The van der Waals surface area contributed by atoms with Gasteiger partial charge in [-0.05, 0) is 22.5 Å². The SMILES string of the molecule is CCNCc1ncc(Br)n1C. The van der Waals surface area contributed by atoms with Crippen molar-refractivity contribution in [3.63, 3.8) is 0 Å². The molecule has 0 radical (unpaired) electrons. The Kier molecular flexibility index (Phi) is 3.08. The van der Waals surface area contributed by atoms with Gasteiger partial charge in [0.25, 0.3) is 0 Å². The van der Waals surface area contributed by atoms with Crippen molar-refractivity contribution in [1.29, 1.82) is 0 Å². The quantitative estimate of drug-likeness (QED) is 0.828. The standard InChI is InChI=1S/C7H12BrN3/c1-3-9-5-7-10-4-6(8)11(7)2/h4,9H,3,5H2,1-2H3. The van der Waals surface area contributed by atoms with Crippen molar-refractivity contribution in [2.45, 2.75) is 13.5 Å². The van der Waals surface area contributed by atoms with Gasteiger partial charge >= 0.3 is 0 Å². The highest BCUT2D eigenvalue weighted by atomic mass is 79.9. The van der Waals surface area contributed by atoms with E-state index in [1.54, 1.807) is 0 Å². The maximum absolute atomic E-state index is 4.21. The van der Waals surface area contributed by atoms with Crippen LogP contribution in [0.5, 0.6) is 0 Å². The van der Waals surface area contributed by atoms with E-state index in [4.69, 9.17) is 0 Å². The summed E-state index contributed by atoms with van der Waals surface area (Å²) < 4.78 is 3.04. The summed E-state index contributed by atoms with van der Waals surface area (Å²) in [4.78, 5) is 4.21. The van der Waals surface area contributed by atoms with Crippen LogP contribution in [0.3, 0.4) is 0 Å². The molecular formula is C7H12BrN3. The minimum absolute atomic E-state index is 0.832. The summed E-state index contributed by atoms with van der Waals surface area (Å²) in [7, 11) is 1.99. The summed E-state index contributed by atoms with van der Waals surface area (Å²) in [5.74, 6) is 1.05. The molecule has 0 aliphatic heterocycles. The fraction of sp³-hybridized carbons (Fsp3) is 0.571. The average Bonchev–Trinajstić information content (AvgIpc) is 2.31. The summed E-state index contributed by atoms with van der Waals surface area (Å²) >= 11 is 3.38. The number of rotatable bonds is 3. The smallest absolute Gasteiger partial charge is 0.123 e. The maximum Gasteiger partial charge on any atom is 0.123 e. The third-order valence-corrected chi connectivity index (χ3v) is 2.30. The van der Waals surface area contributed by atoms with Gasteiger partial charge in [0.15, 0.2) is 0 Å². The third kappa shape index (κ3) is 2.04. The molecule has 0 bridgehead atoms. The minimum atomic E-state index is 0.832. The van der Waals surface area contributed by atoms with E-state index in [1.807, 2.05) is 17.8 Å². The topological polar surface area (TPSA) is 29.9 Å². The van der Waals surface area contributed by atoms with E-state index in [2.05, 4.69) is 33.2 Å². The number of imidazole rings is 1. The highest BCUT2D eigenvalue weighted by Crippen LogP contribution is 2.09. The molecule has 1 heterocycles. The van der Waals surface area contributed by atoms with Gasteiger partial charge in [0.2, 0.25) is 0 Å². The summed E-state index contributed by atoms with van der Waals surface area (Å²) in [6, 6.07) is 0. The Morgan fingerprint density at radius 3 is 2.91 bits per heavy atom. The van der Waals surface area contributed by atoms with Gasteiger partial charge in [-0.15, -0.1) is 0 Å². The molecule has 0 fully saturated rings. The van der Waals surface area contributed by atoms with E-state index in [0.717, 1.165) is 23.5 Å².